The molecule has 0 radical (unpaired) electrons. The normalized spacial score (nSPS) is 11.1. The lowest BCUT2D eigenvalue weighted by Gasteiger charge is -2.19. The van der Waals surface area contributed by atoms with Gasteiger partial charge < -0.3 is 15.4 Å². The number of carbonyl (C=O) groups is 2. The lowest BCUT2D eigenvalue weighted by atomic mass is 9.87. The van der Waals surface area contributed by atoms with Crippen molar-refractivity contribution in [2.75, 3.05) is 17.2 Å². The molecule has 0 atom stereocenters. The van der Waals surface area contributed by atoms with Crippen LogP contribution in [-0.4, -0.2) is 18.4 Å². The van der Waals surface area contributed by atoms with E-state index in [1.165, 1.54) is 31.2 Å². The van der Waals surface area contributed by atoms with Crippen LogP contribution in [0.25, 0.3) is 0 Å². The molecule has 3 aromatic rings. The number of ether oxygens (including phenoxy) is 1. The Morgan fingerprint density at radius 2 is 1.14 bits per heavy atom. The minimum Gasteiger partial charge on any atom is -0.494 e. The van der Waals surface area contributed by atoms with Gasteiger partial charge in [0, 0.05) is 22.5 Å². The Bertz CT molecular complexity index is 1110. The molecule has 0 saturated heterocycles. The Labute approximate surface area is 215 Å². The van der Waals surface area contributed by atoms with E-state index in [0.717, 1.165) is 12.2 Å². The average Bonchev–Trinajstić information content (AvgIpc) is 2.87. The van der Waals surface area contributed by atoms with E-state index in [1.807, 2.05) is 36.4 Å². The third kappa shape index (κ3) is 8.26. The van der Waals surface area contributed by atoms with Crippen molar-refractivity contribution in [2.24, 2.45) is 0 Å². The highest BCUT2D eigenvalue weighted by molar-refractivity contribution is 6.05. The van der Waals surface area contributed by atoms with Gasteiger partial charge in [0.2, 0.25) is 0 Å². The van der Waals surface area contributed by atoms with Crippen LogP contribution in [0.3, 0.4) is 0 Å². The number of amides is 2. The molecule has 3 rings (SSSR count). The summed E-state index contributed by atoms with van der Waals surface area (Å²) in [6.07, 6.45) is 5.98. The van der Waals surface area contributed by atoms with Gasteiger partial charge in [0.15, 0.2) is 0 Å². The quantitative estimate of drug-likeness (QED) is 0.271. The van der Waals surface area contributed by atoms with E-state index in [-0.39, 0.29) is 17.2 Å². The molecule has 0 saturated carbocycles. The molecule has 0 fully saturated rings. The third-order valence-corrected chi connectivity index (χ3v) is 6.05. The zero-order valence-electron chi connectivity index (χ0n) is 21.9. The zero-order valence-corrected chi connectivity index (χ0v) is 21.9. The highest BCUT2D eigenvalue weighted by atomic mass is 16.5. The molecule has 36 heavy (non-hydrogen) atoms. The largest absolute Gasteiger partial charge is 0.494 e. The molecule has 5 heteroatoms. The number of nitrogens with one attached hydrogen (secondary N) is 2. The lowest BCUT2D eigenvalue weighted by Crippen LogP contribution is -2.14. The van der Waals surface area contributed by atoms with Crippen LogP contribution in [0.5, 0.6) is 5.75 Å². The Morgan fingerprint density at radius 3 is 1.61 bits per heavy atom. The summed E-state index contributed by atoms with van der Waals surface area (Å²) >= 11 is 0. The van der Waals surface area contributed by atoms with Gasteiger partial charge in [0.1, 0.15) is 5.75 Å². The van der Waals surface area contributed by atoms with Crippen LogP contribution in [0, 0.1) is 0 Å². The van der Waals surface area contributed by atoms with Crippen molar-refractivity contribution in [1.29, 1.82) is 0 Å². The molecule has 0 heterocycles. The molecule has 5 nitrogen and oxygen atoms in total. The van der Waals surface area contributed by atoms with Gasteiger partial charge in [-0.2, -0.15) is 0 Å². The van der Waals surface area contributed by atoms with Gasteiger partial charge in [-0.25, -0.2) is 0 Å². The molecule has 0 unspecified atom stereocenters. The van der Waals surface area contributed by atoms with E-state index in [0.29, 0.717) is 29.1 Å². The Morgan fingerprint density at radius 1 is 0.667 bits per heavy atom. The third-order valence-electron chi connectivity index (χ3n) is 6.05. The van der Waals surface area contributed by atoms with Crippen molar-refractivity contribution in [2.45, 2.75) is 65.2 Å². The van der Waals surface area contributed by atoms with Crippen LogP contribution in [0.15, 0.2) is 72.8 Å². The summed E-state index contributed by atoms with van der Waals surface area (Å²) in [4.78, 5) is 25.2. The topological polar surface area (TPSA) is 67.4 Å². The van der Waals surface area contributed by atoms with Crippen molar-refractivity contribution in [3.05, 3.63) is 89.5 Å². The minimum absolute atomic E-state index is 0.0403. The Hall–Kier alpha value is -3.60. The first-order chi connectivity index (χ1) is 17.3. The van der Waals surface area contributed by atoms with E-state index in [2.05, 4.69) is 38.3 Å². The molecule has 0 bridgehead atoms. The summed E-state index contributed by atoms with van der Waals surface area (Å²) < 4.78 is 5.77. The number of unbranched alkanes of at least 4 members (excludes halogenated alkanes) is 4. The standard InChI is InChI=1S/C31H38N2O3/c1-5-6-7-8-9-22-36-28-20-12-24(13-21-28)30(35)33-27-18-16-26(17-19-27)32-29(34)23-10-14-25(15-11-23)31(2,3)4/h10-21H,5-9,22H2,1-4H3,(H,32,34)(H,33,35). The Balaban J connectivity index is 1.48. The number of benzene rings is 3. The molecule has 2 N–H and O–H groups in total. The van der Waals surface area contributed by atoms with Crippen LogP contribution in [0.1, 0.15) is 86.1 Å². The first kappa shape index (κ1) is 27.0. The van der Waals surface area contributed by atoms with E-state index in [1.54, 1.807) is 36.4 Å². The van der Waals surface area contributed by atoms with Crippen LogP contribution in [-0.2, 0) is 5.41 Å². The maximum Gasteiger partial charge on any atom is 0.255 e. The predicted molar refractivity (Wildman–Crippen MR) is 148 cm³/mol. The summed E-state index contributed by atoms with van der Waals surface area (Å²) in [7, 11) is 0. The fourth-order valence-corrected chi connectivity index (χ4v) is 3.76. The van der Waals surface area contributed by atoms with Crippen LogP contribution in [0.2, 0.25) is 0 Å². The maximum atomic E-state index is 12.6. The van der Waals surface area contributed by atoms with Gasteiger partial charge in [-0.1, -0.05) is 65.5 Å². The van der Waals surface area contributed by atoms with Crippen LogP contribution in [0.4, 0.5) is 11.4 Å². The predicted octanol–water partition coefficient (Wildman–Crippen LogP) is 7.84. The second-order valence-electron chi connectivity index (χ2n) is 10.1. The zero-order chi connectivity index (χ0) is 26.0. The van der Waals surface area contributed by atoms with E-state index in [4.69, 9.17) is 4.74 Å². The molecule has 0 aliphatic carbocycles. The number of rotatable bonds is 11. The van der Waals surface area contributed by atoms with Gasteiger partial charge in [0.25, 0.3) is 11.8 Å². The Kier molecular flexibility index (Phi) is 9.69. The minimum atomic E-state index is -0.197. The summed E-state index contributed by atoms with van der Waals surface area (Å²) in [6, 6.07) is 21.9. The van der Waals surface area contributed by atoms with Gasteiger partial charge in [-0.3, -0.25) is 9.59 Å². The number of carbonyl (C=O) groups excluding carboxylic acids is 2. The second kappa shape index (κ2) is 12.9. The first-order valence-electron chi connectivity index (χ1n) is 12.8. The maximum absolute atomic E-state index is 12.6. The second-order valence-corrected chi connectivity index (χ2v) is 10.1. The molecule has 0 aliphatic heterocycles. The molecule has 0 aliphatic rings. The molecular weight excluding hydrogens is 448 g/mol. The van der Waals surface area contributed by atoms with E-state index < -0.39 is 0 Å². The van der Waals surface area contributed by atoms with E-state index in [9.17, 15) is 9.59 Å². The van der Waals surface area contributed by atoms with Crippen LogP contribution < -0.4 is 15.4 Å². The molecule has 0 aromatic heterocycles. The molecule has 190 valence electrons. The van der Waals surface area contributed by atoms with Crippen molar-refractivity contribution >= 4 is 23.2 Å². The van der Waals surface area contributed by atoms with Gasteiger partial charge in [-0.15, -0.1) is 0 Å². The van der Waals surface area contributed by atoms with Crippen molar-refractivity contribution in [3.8, 4) is 5.75 Å². The lowest BCUT2D eigenvalue weighted by molar-refractivity contribution is 0.101. The van der Waals surface area contributed by atoms with Crippen molar-refractivity contribution < 1.29 is 14.3 Å². The molecule has 0 spiro atoms. The summed E-state index contributed by atoms with van der Waals surface area (Å²) in [5, 5.41) is 5.79. The molecule has 3 aromatic carbocycles. The molecular formula is C31H38N2O3. The fourth-order valence-electron chi connectivity index (χ4n) is 3.76. The van der Waals surface area contributed by atoms with Crippen molar-refractivity contribution in [3.63, 3.8) is 0 Å². The highest BCUT2D eigenvalue weighted by Crippen LogP contribution is 2.23. The smallest absolute Gasteiger partial charge is 0.255 e. The van der Waals surface area contributed by atoms with Gasteiger partial charge in [0.05, 0.1) is 6.61 Å². The SMILES string of the molecule is CCCCCCCOc1ccc(C(=O)Nc2ccc(NC(=O)c3ccc(C(C)(C)C)cc3)cc2)cc1. The van der Waals surface area contributed by atoms with Crippen molar-refractivity contribution in [1.82, 2.24) is 0 Å². The van der Waals surface area contributed by atoms with Gasteiger partial charge >= 0.3 is 0 Å². The highest BCUT2D eigenvalue weighted by Gasteiger charge is 2.14. The number of anilines is 2. The summed E-state index contributed by atoms with van der Waals surface area (Å²) in [5.41, 5.74) is 3.69. The van der Waals surface area contributed by atoms with E-state index >= 15 is 0 Å². The number of hydrogen-bond donors (Lipinski definition) is 2. The summed E-state index contributed by atoms with van der Waals surface area (Å²) in [5.74, 6) is 0.405. The van der Waals surface area contributed by atoms with Crippen LogP contribution >= 0.6 is 0 Å². The van der Waals surface area contributed by atoms with Gasteiger partial charge in [-0.05, 0) is 78.1 Å². The summed E-state index contributed by atoms with van der Waals surface area (Å²) in [6.45, 7) is 9.33. The fraction of sp³-hybridized carbons (Fsp3) is 0.355. The molecule has 2 amide bonds. The first-order valence-corrected chi connectivity index (χ1v) is 12.8. The number of hydrogen-bond acceptors (Lipinski definition) is 3. The average molecular weight is 487 g/mol. The monoisotopic (exact) mass is 486 g/mol.